The molecule has 1 aliphatic rings. The van der Waals surface area contributed by atoms with Gasteiger partial charge in [0.15, 0.2) is 0 Å². The average molecular weight is 347 g/mol. The number of carbonyl (C=O) groups excluding carboxylic acids is 2. The van der Waals surface area contributed by atoms with E-state index in [1.807, 2.05) is 11.8 Å². The monoisotopic (exact) mass is 347 g/mol. The molecule has 25 heavy (non-hydrogen) atoms. The molecule has 0 bridgehead atoms. The fourth-order valence-electron chi connectivity index (χ4n) is 3.06. The molecular weight excluding hydrogens is 318 g/mol. The Morgan fingerprint density at radius 3 is 2.52 bits per heavy atom. The standard InChI is InChI=1S/C19H29N3O3/c1-4-7-17(19(24)22-12-10-21(5-2)11-13-22)20-18(23)15-8-6-9-16(14-15)25-3/h6,8-9,14,17H,4-5,7,10-13H2,1-3H3,(H,20,23). The lowest BCUT2D eigenvalue weighted by molar-refractivity contribution is -0.135. The molecule has 1 atom stereocenters. The van der Waals surface area contributed by atoms with E-state index < -0.39 is 6.04 Å². The third kappa shape index (κ3) is 5.19. The second kappa shape index (κ2) is 9.42. The average Bonchev–Trinajstić information content (AvgIpc) is 2.67. The van der Waals surface area contributed by atoms with Crippen LogP contribution in [0.1, 0.15) is 37.0 Å². The first-order valence-electron chi connectivity index (χ1n) is 9.05. The first-order chi connectivity index (χ1) is 12.1. The molecule has 1 aromatic carbocycles. The molecule has 1 aliphatic heterocycles. The van der Waals surface area contributed by atoms with Crippen molar-refractivity contribution in [1.82, 2.24) is 15.1 Å². The Balaban J connectivity index is 2.01. The zero-order chi connectivity index (χ0) is 18.2. The minimum absolute atomic E-state index is 0.0221. The van der Waals surface area contributed by atoms with Crippen molar-refractivity contribution in [3.05, 3.63) is 29.8 Å². The predicted molar refractivity (Wildman–Crippen MR) is 97.9 cm³/mol. The number of piperazine rings is 1. The second-order valence-corrected chi connectivity index (χ2v) is 6.31. The summed E-state index contributed by atoms with van der Waals surface area (Å²) in [6, 6.07) is 6.50. The Hall–Kier alpha value is -2.08. The molecule has 6 nitrogen and oxygen atoms in total. The molecule has 1 aromatic rings. The third-order valence-corrected chi connectivity index (χ3v) is 4.64. The number of nitrogens with one attached hydrogen (secondary N) is 1. The number of carbonyl (C=O) groups is 2. The van der Waals surface area contributed by atoms with Crippen LogP contribution in [0.15, 0.2) is 24.3 Å². The summed E-state index contributed by atoms with van der Waals surface area (Å²) in [5.74, 6) is 0.411. The first kappa shape index (κ1) is 19.2. The minimum Gasteiger partial charge on any atom is -0.497 e. The van der Waals surface area contributed by atoms with E-state index in [4.69, 9.17) is 4.74 Å². The van der Waals surface area contributed by atoms with Crippen molar-refractivity contribution in [2.75, 3.05) is 39.8 Å². The van der Waals surface area contributed by atoms with E-state index in [1.54, 1.807) is 31.4 Å². The van der Waals surface area contributed by atoms with E-state index in [-0.39, 0.29) is 11.8 Å². The van der Waals surface area contributed by atoms with Gasteiger partial charge in [0.25, 0.3) is 5.91 Å². The third-order valence-electron chi connectivity index (χ3n) is 4.64. The molecule has 1 fully saturated rings. The molecule has 0 aliphatic carbocycles. The van der Waals surface area contributed by atoms with Gasteiger partial charge in [0, 0.05) is 31.7 Å². The zero-order valence-electron chi connectivity index (χ0n) is 15.5. The van der Waals surface area contributed by atoms with E-state index in [9.17, 15) is 9.59 Å². The van der Waals surface area contributed by atoms with Gasteiger partial charge in [-0.3, -0.25) is 9.59 Å². The lowest BCUT2D eigenvalue weighted by Crippen LogP contribution is -2.54. The molecule has 1 N–H and O–H groups in total. The Morgan fingerprint density at radius 2 is 1.92 bits per heavy atom. The smallest absolute Gasteiger partial charge is 0.252 e. The maximum atomic E-state index is 12.8. The van der Waals surface area contributed by atoms with Gasteiger partial charge in [-0.1, -0.05) is 26.3 Å². The fourth-order valence-corrected chi connectivity index (χ4v) is 3.06. The Kier molecular flexibility index (Phi) is 7.25. The lowest BCUT2D eigenvalue weighted by Gasteiger charge is -2.36. The number of ether oxygens (including phenoxy) is 1. The molecule has 0 radical (unpaired) electrons. The van der Waals surface area contributed by atoms with Crippen LogP contribution in [0.5, 0.6) is 5.75 Å². The Bertz CT molecular complexity index is 583. The fraction of sp³-hybridized carbons (Fsp3) is 0.579. The van der Waals surface area contributed by atoms with Gasteiger partial charge in [0.05, 0.1) is 7.11 Å². The van der Waals surface area contributed by atoms with Crippen LogP contribution in [0.3, 0.4) is 0 Å². The quantitative estimate of drug-likeness (QED) is 0.816. The van der Waals surface area contributed by atoms with Gasteiger partial charge < -0.3 is 19.9 Å². The number of methoxy groups -OCH3 is 1. The van der Waals surface area contributed by atoms with Crippen LogP contribution in [-0.2, 0) is 4.79 Å². The van der Waals surface area contributed by atoms with Crippen LogP contribution >= 0.6 is 0 Å². The van der Waals surface area contributed by atoms with Crippen LogP contribution in [0.25, 0.3) is 0 Å². The van der Waals surface area contributed by atoms with Crippen molar-refractivity contribution in [2.24, 2.45) is 0 Å². The van der Waals surface area contributed by atoms with Crippen molar-refractivity contribution >= 4 is 11.8 Å². The van der Waals surface area contributed by atoms with E-state index in [0.717, 1.165) is 39.1 Å². The van der Waals surface area contributed by atoms with E-state index in [2.05, 4.69) is 17.1 Å². The predicted octanol–water partition coefficient (Wildman–Crippen LogP) is 1.76. The molecular formula is C19H29N3O3. The summed E-state index contributed by atoms with van der Waals surface area (Å²) in [5.41, 5.74) is 0.504. The molecule has 1 saturated heterocycles. The van der Waals surface area contributed by atoms with Gasteiger partial charge in [0.2, 0.25) is 5.91 Å². The number of amides is 2. The molecule has 0 saturated carbocycles. The molecule has 2 amide bonds. The highest BCUT2D eigenvalue weighted by Gasteiger charge is 2.28. The number of nitrogens with zero attached hydrogens (tertiary/aromatic N) is 2. The van der Waals surface area contributed by atoms with Gasteiger partial charge in [-0.25, -0.2) is 0 Å². The lowest BCUT2D eigenvalue weighted by atomic mass is 10.1. The number of hydrogen-bond donors (Lipinski definition) is 1. The molecule has 0 spiro atoms. The maximum Gasteiger partial charge on any atom is 0.252 e. The van der Waals surface area contributed by atoms with E-state index in [1.165, 1.54) is 0 Å². The van der Waals surface area contributed by atoms with Crippen molar-refractivity contribution in [2.45, 2.75) is 32.7 Å². The highest BCUT2D eigenvalue weighted by molar-refractivity contribution is 5.97. The SMILES string of the molecule is CCCC(NC(=O)c1cccc(OC)c1)C(=O)N1CCN(CC)CC1. The van der Waals surface area contributed by atoms with Crippen LogP contribution in [-0.4, -0.2) is 67.5 Å². The van der Waals surface area contributed by atoms with Crippen LogP contribution < -0.4 is 10.1 Å². The van der Waals surface area contributed by atoms with Crippen LogP contribution in [0.4, 0.5) is 0 Å². The second-order valence-electron chi connectivity index (χ2n) is 6.31. The van der Waals surface area contributed by atoms with Gasteiger partial charge >= 0.3 is 0 Å². The number of rotatable bonds is 7. The van der Waals surface area contributed by atoms with Crippen molar-refractivity contribution < 1.29 is 14.3 Å². The van der Waals surface area contributed by atoms with Gasteiger partial charge in [-0.2, -0.15) is 0 Å². The Labute approximate surface area is 150 Å². The largest absolute Gasteiger partial charge is 0.497 e. The molecule has 1 heterocycles. The first-order valence-corrected chi connectivity index (χ1v) is 9.05. The van der Waals surface area contributed by atoms with Gasteiger partial charge in [-0.05, 0) is 31.2 Å². The van der Waals surface area contributed by atoms with Crippen molar-refractivity contribution in [3.63, 3.8) is 0 Å². The van der Waals surface area contributed by atoms with Gasteiger partial charge in [-0.15, -0.1) is 0 Å². The van der Waals surface area contributed by atoms with Crippen molar-refractivity contribution in [1.29, 1.82) is 0 Å². The summed E-state index contributed by atoms with van der Waals surface area (Å²) >= 11 is 0. The highest BCUT2D eigenvalue weighted by atomic mass is 16.5. The maximum absolute atomic E-state index is 12.8. The number of hydrogen-bond acceptors (Lipinski definition) is 4. The van der Waals surface area contributed by atoms with E-state index >= 15 is 0 Å². The summed E-state index contributed by atoms with van der Waals surface area (Å²) in [7, 11) is 1.57. The summed E-state index contributed by atoms with van der Waals surface area (Å²) in [5, 5.41) is 2.91. The summed E-state index contributed by atoms with van der Waals surface area (Å²) in [4.78, 5) is 29.6. The molecule has 0 aromatic heterocycles. The minimum atomic E-state index is -0.475. The zero-order valence-corrected chi connectivity index (χ0v) is 15.5. The van der Waals surface area contributed by atoms with E-state index in [0.29, 0.717) is 17.7 Å². The summed E-state index contributed by atoms with van der Waals surface area (Å²) in [6.45, 7) is 8.39. The normalized spacial score (nSPS) is 16.4. The number of benzene rings is 1. The topological polar surface area (TPSA) is 61.9 Å². The molecule has 138 valence electrons. The summed E-state index contributed by atoms with van der Waals surface area (Å²) in [6.07, 6.45) is 1.48. The highest BCUT2D eigenvalue weighted by Crippen LogP contribution is 2.14. The van der Waals surface area contributed by atoms with Crippen molar-refractivity contribution in [3.8, 4) is 5.75 Å². The Morgan fingerprint density at radius 1 is 1.20 bits per heavy atom. The van der Waals surface area contributed by atoms with Crippen LogP contribution in [0, 0.1) is 0 Å². The summed E-state index contributed by atoms with van der Waals surface area (Å²) < 4.78 is 5.16. The molecule has 6 heteroatoms. The van der Waals surface area contributed by atoms with Crippen LogP contribution in [0.2, 0.25) is 0 Å². The van der Waals surface area contributed by atoms with Gasteiger partial charge in [0.1, 0.15) is 11.8 Å². The molecule has 1 unspecified atom stereocenters. The molecule has 2 rings (SSSR count). The number of likely N-dealkylation sites (N-methyl/N-ethyl adjacent to an activating group) is 1.